The molecule has 0 spiro atoms. The Morgan fingerprint density at radius 2 is 1.65 bits per heavy atom. The normalized spacial score (nSPS) is 11.2. The van der Waals surface area contributed by atoms with E-state index in [0.29, 0.717) is 5.56 Å². The number of halogens is 4. The first-order chi connectivity index (χ1) is 12.4. The Bertz CT molecular complexity index is 1150. The average Bonchev–Trinajstić information content (AvgIpc) is 3.01. The number of aromatic nitrogens is 3. The minimum absolute atomic E-state index is 0.0703. The highest BCUT2D eigenvalue weighted by Crippen LogP contribution is 2.31. The van der Waals surface area contributed by atoms with E-state index in [9.17, 15) is 17.6 Å². The van der Waals surface area contributed by atoms with Crippen molar-refractivity contribution in [2.75, 3.05) is 5.73 Å². The zero-order chi connectivity index (χ0) is 18.4. The third-order valence-corrected chi connectivity index (χ3v) is 3.91. The van der Waals surface area contributed by atoms with Gasteiger partial charge in [0.15, 0.2) is 17.5 Å². The summed E-state index contributed by atoms with van der Waals surface area (Å²) in [6.45, 7) is 0. The van der Waals surface area contributed by atoms with Crippen LogP contribution in [0.15, 0.2) is 42.6 Å². The molecule has 2 aromatic heterocycles. The van der Waals surface area contributed by atoms with Crippen molar-refractivity contribution in [2.45, 2.75) is 0 Å². The Morgan fingerprint density at radius 1 is 0.846 bits per heavy atom. The minimum Gasteiger partial charge on any atom is -0.384 e. The van der Waals surface area contributed by atoms with Crippen molar-refractivity contribution < 1.29 is 17.6 Å². The number of rotatable bonds is 2. The summed E-state index contributed by atoms with van der Waals surface area (Å²) < 4.78 is 54.1. The SMILES string of the molecule is Nc1cc(-c2ccc(F)c(F)c2)nc(-c2c[nH]c3c(F)cc(F)cc23)n1. The third-order valence-electron chi connectivity index (χ3n) is 3.91. The molecule has 2 heterocycles. The lowest BCUT2D eigenvalue weighted by Crippen LogP contribution is -1.98. The van der Waals surface area contributed by atoms with Crippen LogP contribution in [0.25, 0.3) is 33.5 Å². The number of fused-ring (bicyclic) bond motifs is 1. The minimum atomic E-state index is -1.03. The summed E-state index contributed by atoms with van der Waals surface area (Å²) in [6.07, 6.45) is 1.43. The average molecular weight is 358 g/mol. The molecule has 0 aliphatic carbocycles. The lowest BCUT2D eigenvalue weighted by atomic mass is 10.1. The fourth-order valence-corrected chi connectivity index (χ4v) is 2.73. The van der Waals surface area contributed by atoms with Crippen LogP contribution in [-0.2, 0) is 0 Å². The molecule has 0 saturated carbocycles. The van der Waals surface area contributed by atoms with Crippen LogP contribution < -0.4 is 5.73 Å². The van der Waals surface area contributed by atoms with Gasteiger partial charge < -0.3 is 10.7 Å². The number of nitrogens with one attached hydrogen (secondary N) is 1. The lowest BCUT2D eigenvalue weighted by molar-refractivity contribution is 0.509. The van der Waals surface area contributed by atoms with Crippen molar-refractivity contribution in [3.63, 3.8) is 0 Å². The van der Waals surface area contributed by atoms with Crippen LogP contribution in [0.1, 0.15) is 0 Å². The van der Waals surface area contributed by atoms with E-state index in [0.717, 1.165) is 24.3 Å². The molecule has 4 nitrogen and oxygen atoms in total. The van der Waals surface area contributed by atoms with Crippen LogP contribution in [-0.4, -0.2) is 15.0 Å². The lowest BCUT2D eigenvalue weighted by Gasteiger charge is -2.06. The van der Waals surface area contributed by atoms with Crippen LogP contribution in [0.3, 0.4) is 0 Å². The molecule has 2 aromatic carbocycles. The molecule has 0 fully saturated rings. The highest BCUT2D eigenvalue weighted by atomic mass is 19.2. The Kier molecular flexibility index (Phi) is 3.61. The molecule has 0 radical (unpaired) electrons. The zero-order valence-electron chi connectivity index (χ0n) is 13.0. The molecule has 0 amide bonds. The monoisotopic (exact) mass is 358 g/mol. The molecule has 0 aliphatic rings. The van der Waals surface area contributed by atoms with Gasteiger partial charge in [0, 0.05) is 34.8 Å². The quantitative estimate of drug-likeness (QED) is 0.521. The summed E-state index contributed by atoms with van der Waals surface area (Å²) in [5.41, 5.74) is 6.76. The number of H-pyrrole nitrogens is 1. The van der Waals surface area contributed by atoms with E-state index in [1.165, 1.54) is 18.3 Å². The third kappa shape index (κ3) is 2.65. The molecular weight excluding hydrogens is 348 g/mol. The summed E-state index contributed by atoms with van der Waals surface area (Å²) >= 11 is 0. The number of hydrogen-bond donors (Lipinski definition) is 2. The molecule has 0 aliphatic heterocycles. The second kappa shape index (κ2) is 5.83. The first-order valence-electron chi connectivity index (χ1n) is 7.49. The maximum absolute atomic E-state index is 13.9. The Hall–Kier alpha value is -3.42. The number of hydrogen-bond acceptors (Lipinski definition) is 3. The maximum atomic E-state index is 13.9. The van der Waals surface area contributed by atoms with E-state index >= 15 is 0 Å². The van der Waals surface area contributed by atoms with Crippen LogP contribution in [0.4, 0.5) is 23.4 Å². The van der Waals surface area contributed by atoms with Crippen LogP contribution >= 0.6 is 0 Å². The topological polar surface area (TPSA) is 67.6 Å². The zero-order valence-corrected chi connectivity index (χ0v) is 13.0. The molecule has 4 rings (SSSR count). The van der Waals surface area contributed by atoms with Crippen molar-refractivity contribution in [3.8, 4) is 22.6 Å². The van der Waals surface area contributed by atoms with Gasteiger partial charge in [0.2, 0.25) is 0 Å². The Balaban J connectivity index is 1.91. The van der Waals surface area contributed by atoms with Gasteiger partial charge in [-0.1, -0.05) is 0 Å². The summed E-state index contributed by atoms with van der Waals surface area (Å²) in [5, 5.41) is 0.240. The van der Waals surface area contributed by atoms with Gasteiger partial charge in [0.1, 0.15) is 17.5 Å². The summed E-state index contributed by atoms with van der Waals surface area (Å²) in [7, 11) is 0. The van der Waals surface area contributed by atoms with Gasteiger partial charge in [0.05, 0.1) is 11.2 Å². The second-order valence-electron chi connectivity index (χ2n) is 5.64. The predicted molar refractivity (Wildman–Crippen MR) is 89.0 cm³/mol. The molecule has 26 heavy (non-hydrogen) atoms. The van der Waals surface area contributed by atoms with Crippen molar-refractivity contribution in [1.82, 2.24) is 15.0 Å². The fourth-order valence-electron chi connectivity index (χ4n) is 2.73. The van der Waals surface area contributed by atoms with Gasteiger partial charge in [-0.25, -0.2) is 27.5 Å². The van der Waals surface area contributed by atoms with Gasteiger partial charge in [-0.15, -0.1) is 0 Å². The summed E-state index contributed by atoms with van der Waals surface area (Å²) in [6, 6.07) is 6.60. The molecule has 3 N–H and O–H groups in total. The van der Waals surface area contributed by atoms with Crippen LogP contribution in [0.5, 0.6) is 0 Å². The van der Waals surface area contributed by atoms with Crippen molar-refractivity contribution in [1.29, 1.82) is 0 Å². The molecule has 8 heteroatoms. The molecule has 130 valence electrons. The van der Waals surface area contributed by atoms with Gasteiger partial charge in [-0.3, -0.25) is 0 Å². The first kappa shape index (κ1) is 16.1. The molecule has 4 aromatic rings. The van der Waals surface area contributed by atoms with Gasteiger partial charge in [0.25, 0.3) is 0 Å². The molecule has 0 saturated heterocycles. The van der Waals surface area contributed by atoms with Crippen molar-refractivity contribution in [3.05, 3.63) is 65.9 Å². The van der Waals surface area contributed by atoms with Gasteiger partial charge in [-0.05, 0) is 24.3 Å². The van der Waals surface area contributed by atoms with Gasteiger partial charge >= 0.3 is 0 Å². The van der Waals surface area contributed by atoms with E-state index in [1.54, 1.807) is 0 Å². The molecule has 0 bridgehead atoms. The van der Waals surface area contributed by atoms with Crippen LogP contribution in [0.2, 0.25) is 0 Å². The fraction of sp³-hybridized carbons (Fsp3) is 0. The molecular formula is C18H10F4N4. The van der Waals surface area contributed by atoms with Gasteiger partial charge in [-0.2, -0.15) is 0 Å². The Labute approximate surface area is 144 Å². The van der Waals surface area contributed by atoms with Crippen LogP contribution in [0, 0.1) is 23.3 Å². The summed E-state index contributed by atoms with van der Waals surface area (Å²) in [4.78, 5) is 11.1. The summed E-state index contributed by atoms with van der Waals surface area (Å²) in [5.74, 6) is -3.35. The predicted octanol–water partition coefficient (Wildman–Crippen LogP) is 4.43. The number of nitrogen functional groups attached to an aromatic ring is 1. The Morgan fingerprint density at radius 3 is 2.42 bits per heavy atom. The highest BCUT2D eigenvalue weighted by Gasteiger charge is 2.16. The second-order valence-corrected chi connectivity index (χ2v) is 5.64. The van der Waals surface area contributed by atoms with E-state index in [2.05, 4.69) is 15.0 Å². The largest absolute Gasteiger partial charge is 0.384 e. The number of nitrogens with zero attached hydrogens (tertiary/aromatic N) is 2. The van der Waals surface area contributed by atoms with E-state index in [1.807, 2.05) is 0 Å². The number of nitrogens with two attached hydrogens (primary N) is 1. The number of anilines is 1. The smallest absolute Gasteiger partial charge is 0.164 e. The van der Waals surface area contributed by atoms with E-state index in [4.69, 9.17) is 5.73 Å². The highest BCUT2D eigenvalue weighted by molar-refractivity contribution is 5.94. The molecule has 0 atom stereocenters. The molecule has 0 unspecified atom stereocenters. The first-order valence-corrected chi connectivity index (χ1v) is 7.49. The number of benzene rings is 2. The van der Waals surface area contributed by atoms with E-state index < -0.39 is 23.3 Å². The van der Waals surface area contributed by atoms with E-state index in [-0.39, 0.29) is 33.8 Å². The standard InChI is InChI=1S/C18H10F4N4/c19-9-4-10-11(7-24-17(10)14(22)5-9)18-25-15(6-16(23)26-18)8-1-2-12(20)13(21)3-8/h1-7,24H,(H2,23,25,26). The van der Waals surface area contributed by atoms with Crippen molar-refractivity contribution in [2.24, 2.45) is 0 Å². The van der Waals surface area contributed by atoms with Crippen molar-refractivity contribution >= 4 is 16.7 Å². The maximum Gasteiger partial charge on any atom is 0.164 e. The number of aromatic amines is 1.